The summed E-state index contributed by atoms with van der Waals surface area (Å²) >= 11 is 0. The van der Waals surface area contributed by atoms with Crippen LogP contribution in [0, 0.1) is 13.8 Å². The molecule has 0 amide bonds. The normalized spacial score (nSPS) is 19.3. The molecule has 0 saturated heterocycles. The summed E-state index contributed by atoms with van der Waals surface area (Å²) in [4.78, 5) is 12.9. The van der Waals surface area contributed by atoms with Crippen LogP contribution >= 0.6 is 0 Å². The van der Waals surface area contributed by atoms with Crippen molar-refractivity contribution in [3.8, 4) is 16.9 Å². The minimum Gasteiger partial charge on any atom is -0.462 e. The third-order valence-electron chi connectivity index (χ3n) is 6.19. The van der Waals surface area contributed by atoms with Crippen molar-refractivity contribution in [1.82, 2.24) is 20.3 Å². The number of hydrogen-bond donors (Lipinski definition) is 2. The number of fused-ring (bicyclic) bond motifs is 1. The van der Waals surface area contributed by atoms with Gasteiger partial charge in [-0.2, -0.15) is 0 Å². The lowest BCUT2D eigenvalue weighted by atomic mass is 9.77. The number of aromatic nitrogens is 3. The van der Waals surface area contributed by atoms with Crippen molar-refractivity contribution in [2.45, 2.75) is 25.6 Å². The zero-order valence-corrected chi connectivity index (χ0v) is 18.4. The monoisotopic (exact) mass is 441 g/mol. The number of pyridine rings is 1. The molecule has 2 atom stereocenters. The number of hydrogen-bond acceptors (Lipinski definition) is 6. The number of benzene rings is 2. The van der Waals surface area contributed by atoms with E-state index in [1.54, 1.807) is 18.6 Å². The molecule has 0 bridgehead atoms. The first-order valence-corrected chi connectivity index (χ1v) is 10.7. The van der Waals surface area contributed by atoms with Crippen LogP contribution < -0.4 is 15.8 Å². The molecule has 2 unspecified atom stereocenters. The van der Waals surface area contributed by atoms with E-state index >= 15 is 0 Å². The van der Waals surface area contributed by atoms with Crippen molar-refractivity contribution in [3.05, 3.63) is 107 Å². The molecule has 2 aromatic heterocycles. The van der Waals surface area contributed by atoms with Gasteiger partial charge in [-0.15, -0.1) is 0 Å². The van der Waals surface area contributed by atoms with Gasteiger partial charge in [-0.1, -0.05) is 24.3 Å². The van der Waals surface area contributed by atoms with E-state index in [9.17, 15) is 4.39 Å². The Morgan fingerprint density at radius 1 is 1.00 bits per heavy atom. The molecule has 7 heteroatoms. The molecule has 5 rings (SSSR count). The minimum absolute atomic E-state index is 0.452. The summed E-state index contributed by atoms with van der Waals surface area (Å²) in [6.45, 7) is 2.97. The standard InChI is InChI=1S/C26H24FN5O/c1-16-9-21(10-17(2)24(16)33-14-27)26(22-7-4-8-31-23(22)25(28)32-26)20-6-3-5-18(11-20)19-12-29-15-30-13-19/h3-13,15,25,32H,14,28H2,1-2H3. The molecule has 0 spiro atoms. The van der Waals surface area contributed by atoms with Crippen molar-refractivity contribution in [3.63, 3.8) is 0 Å². The summed E-state index contributed by atoms with van der Waals surface area (Å²) in [5, 5.41) is 3.62. The highest BCUT2D eigenvalue weighted by Gasteiger charge is 2.46. The second-order valence-electron chi connectivity index (χ2n) is 8.21. The summed E-state index contributed by atoms with van der Waals surface area (Å²) in [6.07, 6.45) is 6.40. The SMILES string of the molecule is Cc1cc(C2(c3cccc(-c4cncnc4)c3)NC(N)c3ncccc32)cc(C)c1OCF. The highest BCUT2D eigenvalue weighted by molar-refractivity contribution is 5.66. The van der Waals surface area contributed by atoms with Crippen LogP contribution in [-0.4, -0.2) is 21.8 Å². The van der Waals surface area contributed by atoms with E-state index in [1.807, 2.05) is 44.2 Å². The summed E-state index contributed by atoms with van der Waals surface area (Å²) in [5.41, 5.74) is 13.2. The smallest absolute Gasteiger partial charge is 0.228 e. The molecule has 3 N–H and O–H groups in total. The zero-order chi connectivity index (χ0) is 23.0. The summed E-state index contributed by atoms with van der Waals surface area (Å²) in [7, 11) is 0. The Hall–Kier alpha value is -3.68. The van der Waals surface area contributed by atoms with Gasteiger partial charge >= 0.3 is 0 Å². The fraction of sp³-hybridized carbons (Fsp3) is 0.192. The van der Waals surface area contributed by atoms with E-state index in [1.165, 1.54) is 6.33 Å². The van der Waals surface area contributed by atoms with Crippen molar-refractivity contribution in [2.24, 2.45) is 5.73 Å². The average Bonchev–Trinajstić information content (AvgIpc) is 3.15. The molecule has 0 fully saturated rings. The Morgan fingerprint density at radius 2 is 1.76 bits per heavy atom. The number of ether oxygens (including phenoxy) is 1. The van der Waals surface area contributed by atoms with Crippen molar-refractivity contribution >= 4 is 0 Å². The maximum atomic E-state index is 13.0. The van der Waals surface area contributed by atoms with E-state index in [0.29, 0.717) is 5.75 Å². The Labute approximate surface area is 191 Å². The van der Waals surface area contributed by atoms with Gasteiger partial charge < -0.3 is 10.5 Å². The number of alkyl halides is 1. The van der Waals surface area contributed by atoms with Crippen LogP contribution in [0.1, 0.15) is 39.7 Å². The molecular formula is C26H24FN5O. The largest absolute Gasteiger partial charge is 0.462 e. The summed E-state index contributed by atoms with van der Waals surface area (Å²) < 4.78 is 18.2. The van der Waals surface area contributed by atoms with Crippen LogP contribution in [0.5, 0.6) is 5.75 Å². The Balaban J connectivity index is 1.77. The predicted octanol–water partition coefficient (Wildman–Crippen LogP) is 4.31. The topological polar surface area (TPSA) is 86.0 Å². The molecule has 2 aromatic carbocycles. The third kappa shape index (κ3) is 3.46. The summed E-state index contributed by atoms with van der Waals surface area (Å²) in [6, 6.07) is 16.3. The third-order valence-corrected chi connectivity index (χ3v) is 6.19. The predicted molar refractivity (Wildman–Crippen MR) is 124 cm³/mol. The van der Waals surface area contributed by atoms with Gasteiger partial charge in [0.25, 0.3) is 0 Å². The maximum absolute atomic E-state index is 13.0. The van der Waals surface area contributed by atoms with Crippen LogP contribution in [0.3, 0.4) is 0 Å². The number of nitrogens with zero attached hydrogens (tertiary/aromatic N) is 3. The Morgan fingerprint density at radius 3 is 2.48 bits per heavy atom. The van der Waals surface area contributed by atoms with Crippen LogP contribution in [0.4, 0.5) is 4.39 Å². The highest BCUT2D eigenvalue weighted by Crippen LogP contribution is 2.46. The number of nitrogens with two attached hydrogens (primary N) is 1. The average molecular weight is 442 g/mol. The van der Waals surface area contributed by atoms with Crippen LogP contribution in [0.2, 0.25) is 0 Å². The Bertz CT molecular complexity index is 1290. The molecule has 6 nitrogen and oxygen atoms in total. The molecular weight excluding hydrogens is 417 g/mol. The lowest BCUT2D eigenvalue weighted by Gasteiger charge is -2.34. The lowest BCUT2D eigenvalue weighted by molar-refractivity contribution is 0.189. The molecule has 0 saturated carbocycles. The fourth-order valence-electron chi connectivity index (χ4n) is 4.84. The minimum atomic E-state index is -0.872. The number of nitrogens with one attached hydrogen (secondary N) is 1. The molecule has 0 radical (unpaired) electrons. The first-order chi connectivity index (χ1) is 16.0. The molecule has 1 aliphatic rings. The van der Waals surface area contributed by atoms with Gasteiger partial charge in [0, 0.05) is 29.7 Å². The van der Waals surface area contributed by atoms with Gasteiger partial charge in [0.1, 0.15) is 18.2 Å². The van der Waals surface area contributed by atoms with Gasteiger partial charge in [0.2, 0.25) is 6.86 Å². The molecule has 166 valence electrons. The van der Waals surface area contributed by atoms with Gasteiger partial charge in [0.15, 0.2) is 0 Å². The van der Waals surface area contributed by atoms with Crippen LogP contribution in [0.25, 0.3) is 11.1 Å². The molecule has 3 heterocycles. The molecule has 33 heavy (non-hydrogen) atoms. The van der Waals surface area contributed by atoms with Crippen molar-refractivity contribution < 1.29 is 9.13 Å². The second kappa shape index (κ2) is 8.35. The quantitative estimate of drug-likeness (QED) is 0.480. The maximum Gasteiger partial charge on any atom is 0.228 e. The van der Waals surface area contributed by atoms with E-state index in [4.69, 9.17) is 10.5 Å². The molecule has 0 aliphatic carbocycles. The molecule has 1 aliphatic heterocycles. The van der Waals surface area contributed by atoms with Crippen LogP contribution in [-0.2, 0) is 5.54 Å². The van der Waals surface area contributed by atoms with E-state index < -0.39 is 18.6 Å². The zero-order valence-electron chi connectivity index (χ0n) is 18.4. The number of aryl methyl sites for hydroxylation is 2. The molecule has 4 aromatic rings. The van der Waals surface area contributed by atoms with E-state index in [0.717, 1.165) is 44.6 Å². The Kier molecular flexibility index (Phi) is 5.36. The van der Waals surface area contributed by atoms with Gasteiger partial charge in [-0.3, -0.25) is 10.3 Å². The number of rotatable bonds is 5. The van der Waals surface area contributed by atoms with Crippen molar-refractivity contribution in [1.29, 1.82) is 0 Å². The van der Waals surface area contributed by atoms with E-state index in [-0.39, 0.29) is 0 Å². The fourth-order valence-corrected chi connectivity index (χ4v) is 4.84. The number of halogens is 1. The highest BCUT2D eigenvalue weighted by atomic mass is 19.1. The van der Waals surface area contributed by atoms with Crippen LogP contribution in [0.15, 0.2) is 73.4 Å². The van der Waals surface area contributed by atoms with E-state index in [2.05, 4.69) is 38.5 Å². The van der Waals surface area contributed by atoms with Gasteiger partial charge in [-0.05, 0) is 65.9 Å². The first kappa shape index (κ1) is 21.2. The van der Waals surface area contributed by atoms with Gasteiger partial charge in [-0.25, -0.2) is 14.4 Å². The first-order valence-electron chi connectivity index (χ1n) is 10.7. The lowest BCUT2D eigenvalue weighted by Crippen LogP contribution is -2.42. The second-order valence-corrected chi connectivity index (χ2v) is 8.21. The van der Waals surface area contributed by atoms with Crippen molar-refractivity contribution in [2.75, 3.05) is 6.86 Å². The van der Waals surface area contributed by atoms with Gasteiger partial charge in [0.05, 0.1) is 11.2 Å². The summed E-state index contributed by atoms with van der Waals surface area (Å²) in [5.74, 6) is 0.556.